The van der Waals surface area contributed by atoms with Crippen molar-refractivity contribution in [3.8, 4) is 11.1 Å². The van der Waals surface area contributed by atoms with Crippen LogP contribution in [0.3, 0.4) is 0 Å². The number of aldehydes is 1. The fourth-order valence-electron chi connectivity index (χ4n) is 2.45. The van der Waals surface area contributed by atoms with Gasteiger partial charge in [-0.15, -0.1) is 0 Å². The van der Waals surface area contributed by atoms with Gasteiger partial charge in [0.2, 0.25) is 0 Å². The van der Waals surface area contributed by atoms with Crippen LogP contribution in [0.1, 0.15) is 35.8 Å². The molecule has 3 rings (SSSR count). The lowest BCUT2D eigenvalue weighted by Crippen LogP contribution is -2.18. The zero-order valence-corrected chi connectivity index (χ0v) is 11.7. The molecule has 0 N–H and O–H groups in total. The molecule has 20 heavy (non-hydrogen) atoms. The topological polar surface area (TPSA) is 44.1 Å². The summed E-state index contributed by atoms with van der Waals surface area (Å²) < 4.78 is 7.52. The van der Waals surface area contributed by atoms with E-state index in [1.807, 2.05) is 10.9 Å². The zero-order chi connectivity index (χ0) is 13.9. The van der Waals surface area contributed by atoms with Crippen molar-refractivity contribution in [2.45, 2.75) is 25.5 Å². The van der Waals surface area contributed by atoms with Crippen LogP contribution in [0.15, 0.2) is 30.6 Å². The van der Waals surface area contributed by atoms with E-state index in [9.17, 15) is 4.79 Å². The van der Waals surface area contributed by atoms with Crippen LogP contribution < -0.4 is 0 Å². The lowest BCUT2D eigenvalue weighted by Gasteiger charge is -2.22. The third kappa shape index (κ3) is 2.62. The molecule has 4 nitrogen and oxygen atoms in total. The maximum atomic E-state index is 11.1. The molecule has 1 atom stereocenters. The molecule has 1 aliphatic heterocycles. The van der Waals surface area contributed by atoms with Crippen molar-refractivity contribution in [1.82, 2.24) is 9.78 Å². The average molecular weight is 291 g/mol. The van der Waals surface area contributed by atoms with Gasteiger partial charge in [0.1, 0.15) is 6.23 Å². The second-order valence-electron chi connectivity index (χ2n) is 4.88. The van der Waals surface area contributed by atoms with Crippen molar-refractivity contribution in [1.29, 1.82) is 0 Å². The third-order valence-electron chi connectivity index (χ3n) is 3.51. The molecule has 5 heteroatoms. The highest BCUT2D eigenvalue weighted by Gasteiger charge is 2.17. The highest BCUT2D eigenvalue weighted by atomic mass is 35.5. The first-order chi connectivity index (χ1) is 9.78. The first-order valence-corrected chi connectivity index (χ1v) is 7.06. The van der Waals surface area contributed by atoms with Crippen LogP contribution in [0.2, 0.25) is 5.02 Å². The summed E-state index contributed by atoms with van der Waals surface area (Å²) in [4.78, 5) is 11.1. The van der Waals surface area contributed by atoms with Crippen LogP contribution in [-0.2, 0) is 4.74 Å². The van der Waals surface area contributed by atoms with E-state index in [4.69, 9.17) is 16.3 Å². The van der Waals surface area contributed by atoms with Crippen LogP contribution >= 0.6 is 11.6 Å². The number of carbonyl (C=O) groups excluding carboxylic acids is 1. The summed E-state index contributed by atoms with van der Waals surface area (Å²) in [5, 5.41) is 4.96. The Bertz CT molecular complexity index is 618. The van der Waals surface area contributed by atoms with Gasteiger partial charge < -0.3 is 4.74 Å². The summed E-state index contributed by atoms with van der Waals surface area (Å²) >= 11 is 6.01. The lowest BCUT2D eigenvalue weighted by atomic mass is 10.0. The monoisotopic (exact) mass is 290 g/mol. The number of halogens is 1. The minimum absolute atomic E-state index is 0.00337. The molecule has 0 amide bonds. The summed E-state index contributed by atoms with van der Waals surface area (Å²) in [7, 11) is 0. The van der Waals surface area contributed by atoms with Crippen molar-refractivity contribution in [2.24, 2.45) is 0 Å². The van der Waals surface area contributed by atoms with Gasteiger partial charge in [-0.1, -0.05) is 11.6 Å². The second kappa shape index (κ2) is 5.77. The normalized spacial score (nSPS) is 18.9. The zero-order valence-electron chi connectivity index (χ0n) is 11.0. The van der Waals surface area contributed by atoms with Crippen molar-refractivity contribution >= 4 is 17.9 Å². The summed E-state index contributed by atoms with van der Waals surface area (Å²) in [6.45, 7) is 0.774. The Labute approximate surface area is 122 Å². The van der Waals surface area contributed by atoms with Crippen molar-refractivity contribution in [3.05, 3.63) is 41.2 Å². The van der Waals surface area contributed by atoms with Gasteiger partial charge in [0.15, 0.2) is 6.29 Å². The Morgan fingerprint density at radius 1 is 1.40 bits per heavy atom. The third-order valence-corrected chi connectivity index (χ3v) is 3.74. The smallest absolute Gasteiger partial charge is 0.150 e. The van der Waals surface area contributed by atoms with E-state index in [1.54, 1.807) is 24.4 Å². The molecular formula is C15H15ClN2O2. The standard InChI is InChI=1S/C15H15ClN2O2/c16-13-5-4-11(10-19)14(7-13)12-8-17-18(9-12)15-3-1-2-6-20-15/h4-5,7-10,15H,1-3,6H2. The molecule has 1 aromatic heterocycles. The number of aromatic nitrogens is 2. The van der Waals surface area contributed by atoms with Gasteiger partial charge in [-0.3, -0.25) is 4.79 Å². The largest absolute Gasteiger partial charge is 0.357 e. The second-order valence-corrected chi connectivity index (χ2v) is 5.32. The van der Waals surface area contributed by atoms with E-state index >= 15 is 0 Å². The first-order valence-electron chi connectivity index (χ1n) is 6.69. The number of benzene rings is 1. The SMILES string of the molecule is O=Cc1ccc(Cl)cc1-c1cnn(C2CCCCO2)c1. The van der Waals surface area contributed by atoms with Gasteiger partial charge in [0, 0.05) is 29.0 Å². The van der Waals surface area contributed by atoms with Gasteiger partial charge in [-0.05, 0) is 43.0 Å². The van der Waals surface area contributed by atoms with E-state index in [2.05, 4.69) is 5.10 Å². The molecule has 0 spiro atoms. The van der Waals surface area contributed by atoms with Crippen LogP contribution in [0.4, 0.5) is 0 Å². The molecule has 1 unspecified atom stereocenters. The molecular weight excluding hydrogens is 276 g/mol. The number of rotatable bonds is 3. The van der Waals surface area contributed by atoms with Crippen LogP contribution in [-0.4, -0.2) is 22.7 Å². The van der Waals surface area contributed by atoms with Gasteiger partial charge >= 0.3 is 0 Å². The molecule has 0 aliphatic carbocycles. The predicted octanol–water partition coefficient (Wildman–Crippen LogP) is 3.72. The fourth-order valence-corrected chi connectivity index (χ4v) is 2.62. The Morgan fingerprint density at radius 3 is 3.05 bits per heavy atom. The molecule has 104 valence electrons. The number of hydrogen-bond donors (Lipinski definition) is 0. The Kier molecular flexibility index (Phi) is 3.85. The van der Waals surface area contributed by atoms with Crippen LogP contribution in [0, 0.1) is 0 Å². The highest BCUT2D eigenvalue weighted by molar-refractivity contribution is 6.31. The summed E-state index contributed by atoms with van der Waals surface area (Å²) in [5.74, 6) is 0. The Hall–Kier alpha value is -1.65. The molecule has 2 aromatic rings. The average Bonchev–Trinajstić information content (AvgIpc) is 2.98. The molecule has 1 fully saturated rings. The van der Waals surface area contributed by atoms with Crippen molar-refractivity contribution in [2.75, 3.05) is 6.61 Å². The minimum atomic E-state index is -0.00337. The molecule has 0 radical (unpaired) electrons. The minimum Gasteiger partial charge on any atom is -0.357 e. The maximum Gasteiger partial charge on any atom is 0.150 e. The number of ether oxygens (including phenoxy) is 1. The van der Waals surface area contributed by atoms with E-state index in [0.29, 0.717) is 10.6 Å². The molecule has 1 aromatic carbocycles. The molecule has 0 bridgehead atoms. The molecule has 1 saturated heterocycles. The van der Waals surface area contributed by atoms with E-state index in [0.717, 1.165) is 43.3 Å². The number of carbonyl (C=O) groups is 1. The van der Waals surface area contributed by atoms with Gasteiger partial charge in [-0.2, -0.15) is 5.10 Å². The van der Waals surface area contributed by atoms with E-state index < -0.39 is 0 Å². The Balaban J connectivity index is 1.93. The van der Waals surface area contributed by atoms with Gasteiger partial charge in [0.25, 0.3) is 0 Å². The summed E-state index contributed by atoms with van der Waals surface area (Å²) in [5.41, 5.74) is 2.29. The fraction of sp³-hybridized carbons (Fsp3) is 0.333. The number of nitrogens with zero attached hydrogens (tertiary/aromatic N) is 2. The lowest BCUT2D eigenvalue weighted by molar-refractivity contribution is -0.0394. The molecule has 1 aliphatic rings. The highest BCUT2D eigenvalue weighted by Crippen LogP contribution is 2.28. The summed E-state index contributed by atoms with van der Waals surface area (Å²) in [6.07, 6.45) is 7.71. The first kappa shape index (κ1) is 13.3. The maximum absolute atomic E-state index is 11.1. The number of hydrogen-bond acceptors (Lipinski definition) is 3. The summed E-state index contributed by atoms with van der Waals surface area (Å²) in [6, 6.07) is 5.22. The predicted molar refractivity (Wildman–Crippen MR) is 76.9 cm³/mol. The van der Waals surface area contributed by atoms with E-state index in [-0.39, 0.29) is 6.23 Å². The molecule has 2 heterocycles. The van der Waals surface area contributed by atoms with Gasteiger partial charge in [0.05, 0.1) is 6.20 Å². The van der Waals surface area contributed by atoms with Gasteiger partial charge in [-0.25, -0.2) is 4.68 Å². The Morgan fingerprint density at radius 2 is 2.30 bits per heavy atom. The quantitative estimate of drug-likeness (QED) is 0.809. The molecule has 0 saturated carbocycles. The van der Waals surface area contributed by atoms with Crippen LogP contribution in [0.25, 0.3) is 11.1 Å². The van der Waals surface area contributed by atoms with Crippen molar-refractivity contribution < 1.29 is 9.53 Å². The van der Waals surface area contributed by atoms with Crippen LogP contribution in [0.5, 0.6) is 0 Å². The van der Waals surface area contributed by atoms with Crippen molar-refractivity contribution in [3.63, 3.8) is 0 Å². The van der Waals surface area contributed by atoms with E-state index in [1.165, 1.54) is 0 Å².